The molecule has 0 atom stereocenters. The minimum Gasteiger partial charge on any atom is -2.00 e. The molecule has 0 amide bonds. The topological polar surface area (TPSA) is 252 Å². The number of rotatable bonds is 0. The van der Waals surface area contributed by atoms with Crippen LogP contribution in [0.25, 0.3) is 0 Å². The molecule has 0 rings (SSSR count). The van der Waals surface area contributed by atoms with Crippen LogP contribution in [0.3, 0.4) is 0 Å². The quantitative estimate of drug-likeness (QED) is 0.161. The van der Waals surface area contributed by atoms with Gasteiger partial charge in [0.2, 0.25) is 0 Å². The summed E-state index contributed by atoms with van der Waals surface area (Å²) in [7, 11) is -4.64. The van der Waals surface area contributed by atoms with E-state index in [2.05, 4.69) is 0 Å². The SMILES string of the molecule is O.O=P(O)(O)O.[O-2].[O-2].[O-2].[O-2].[O-2].[Sr+2].[Sr+2].[Sr+2].[Sr+2].[Sr+2].[Sr+2].[Sr+2]. The van der Waals surface area contributed by atoms with Crippen molar-refractivity contribution >= 4 is 326 Å². The van der Waals surface area contributed by atoms with Crippen LogP contribution in [-0.4, -0.2) is 339 Å². The second-order valence-corrected chi connectivity index (χ2v) is 1.54. The zero-order chi connectivity index (χ0) is 4.50. The van der Waals surface area contributed by atoms with Crippen molar-refractivity contribution in [2.24, 2.45) is 0 Å². The van der Waals surface area contributed by atoms with Gasteiger partial charge >= 0.3 is 326 Å². The third kappa shape index (κ3) is 159. The Bertz CT molecular complexity index is 68.4. The van der Waals surface area contributed by atoms with Crippen LogP contribution in [0, 0.1) is 0 Å². The second-order valence-electron chi connectivity index (χ2n) is 0.513. The maximum Gasteiger partial charge on any atom is 2.00 e. The summed E-state index contributed by atoms with van der Waals surface area (Å²) < 4.78 is 8.88. The number of hydrogen-bond donors (Lipinski definition) is 3. The average molecular weight is 809 g/mol. The van der Waals surface area contributed by atoms with Crippen molar-refractivity contribution in [3.63, 3.8) is 0 Å². The molecule has 0 unspecified atom stereocenters. The fourth-order valence-electron chi connectivity index (χ4n) is 0. The van der Waals surface area contributed by atoms with Gasteiger partial charge in [0.25, 0.3) is 0 Å². The van der Waals surface area contributed by atoms with Crippen LogP contribution >= 0.6 is 7.82 Å². The van der Waals surface area contributed by atoms with Gasteiger partial charge < -0.3 is 47.5 Å². The van der Waals surface area contributed by atoms with Gasteiger partial charge in [0, 0.05) is 0 Å². The molecule has 5 N–H and O–H groups in total. The fourth-order valence-corrected chi connectivity index (χ4v) is 0. The normalized spacial score (nSPS) is 3.28. The van der Waals surface area contributed by atoms with Crippen LogP contribution in [0.15, 0.2) is 0 Å². The van der Waals surface area contributed by atoms with Gasteiger partial charge in [0.1, 0.15) is 0 Å². The molecule has 0 saturated heterocycles. The third-order valence-corrected chi connectivity index (χ3v) is 0. The molecule has 0 aromatic carbocycles. The van der Waals surface area contributed by atoms with Gasteiger partial charge in [0.05, 0.1) is 0 Å². The van der Waals surface area contributed by atoms with E-state index < -0.39 is 7.82 Å². The minimum atomic E-state index is -4.64. The average Bonchev–Trinajstić information content (AvgIpc) is 0.722. The first-order chi connectivity index (χ1) is 2.00. The molecule has 0 aromatic rings. The predicted octanol–water partition coefficient (Wildman–Crippen LogP) is -5.01. The Labute approximate surface area is 365 Å². The Morgan fingerprint density at radius 2 is 0.500 bits per heavy atom. The van der Waals surface area contributed by atoms with Crippen molar-refractivity contribution in [1.82, 2.24) is 0 Å². The molecule has 0 bridgehead atoms. The standard InChI is InChI=1S/H3O4P.H2O.5O.7Sr/c1-5(2,3)4;;;;;;;;;;;;;/h(H3,1,2,3,4);1H2;;;;;;;;;;;;/q;;5*-2;7*+2. The summed E-state index contributed by atoms with van der Waals surface area (Å²) in [4.78, 5) is 21.6. The summed E-state index contributed by atoms with van der Waals surface area (Å²) in [5.74, 6) is 0. The van der Waals surface area contributed by atoms with Crippen LogP contribution in [0.1, 0.15) is 0 Å². The van der Waals surface area contributed by atoms with Crippen LogP contribution in [0.4, 0.5) is 0 Å². The molecule has 0 radical (unpaired) electrons. The summed E-state index contributed by atoms with van der Waals surface area (Å²) in [6, 6.07) is 0. The Morgan fingerprint density at radius 3 is 0.500 bits per heavy atom. The van der Waals surface area contributed by atoms with Crippen molar-refractivity contribution in [3.05, 3.63) is 0 Å². The zero-order valence-corrected chi connectivity index (χ0v) is 34.9. The fraction of sp³-hybridized carbons (Fsp3) is 0. The van der Waals surface area contributed by atoms with E-state index in [-0.39, 0.29) is 351 Å². The monoisotopic (exact) mass is 811 g/mol. The molecule has 18 heavy (non-hydrogen) atoms. The van der Waals surface area contributed by atoms with E-state index in [9.17, 15) is 0 Å². The minimum absolute atomic E-state index is 0. The van der Waals surface area contributed by atoms with E-state index in [0.717, 1.165) is 0 Å². The molecule has 0 spiro atoms. The van der Waals surface area contributed by atoms with Gasteiger partial charge in [-0.1, -0.05) is 0 Å². The van der Waals surface area contributed by atoms with Crippen LogP contribution in [0.5, 0.6) is 0 Å². The smallest absolute Gasteiger partial charge is 2.00 e. The number of phosphoric acid groups is 1. The molecule has 80 valence electrons. The molecule has 0 aromatic heterocycles. The van der Waals surface area contributed by atoms with Gasteiger partial charge in [-0.3, -0.25) is 0 Å². The van der Waals surface area contributed by atoms with E-state index >= 15 is 0 Å². The van der Waals surface area contributed by atoms with Gasteiger partial charge in [-0.25, -0.2) is 4.57 Å². The van der Waals surface area contributed by atoms with Crippen molar-refractivity contribution < 1.29 is 52.1 Å². The van der Waals surface area contributed by atoms with E-state index in [4.69, 9.17) is 19.2 Å². The Kier molecular flexibility index (Phi) is 408. The number of hydrogen-bond acceptors (Lipinski definition) is 1. The molecular weight excluding hydrogens is 804 g/mol. The molecule has 0 fully saturated rings. The first-order valence-corrected chi connectivity index (χ1v) is 2.35. The molecule has 0 aliphatic rings. The van der Waals surface area contributed by atoms with E-state index in [1.807, 2.05) is 0 Å². The first kappa shape index (κ1) is 103. The summed E-state index contributed by atoms with van der Waals surface area (Å²) in [6.45, 7) is 0. The Morgan fingerprint density at radius 1 is 0.500 bits per heavy atom. The van der Waals surface area contributed by atoms with E-state index in [1.165, 1.54) is 0 Å². The van der Waals surface area contributed by atoms with Crippen molar-refractivity contribution in [2.75, 3.05) is 0 Å². The summed E-state index contributed by atoms with van der Waals surface area (Å²) in [6.07, 6.45) is 0. The van der Waals surface area contributed by atoms with Gasteiger partial charge in [-0.2, -0.15) is 0 Å². The maximum absolute atomic E-state index is 8.88. The predicted molar refractivity (Wildman–Crippen MR) is 61.6 cm³/mol. The maximum atomic E-state index is 8.88. The van der Waals surface area contributed by atoms with E-state index in [1.54, 1.807) is 0 Å². The molecule has 10 nitrogen and oxygen atoms in total. The second kappa shape index (κ2) is 71.1. The summed E-state index contributed by atoms with van der Waals surface area (Å²) in [5, 5.41) is 0. The van der Waals surface area contributed by atoms with Crippen molar-refractivity contribution in [1.29, 1.82) is 0 Å². The van der Waals surface area contributed by atoms with Crippen molar-refractivity contribution in [3.8, 4) is 0 Å². The summed E-state index contributed by atoms with van der Waals surface area (Å²) >= 11 is 0. The van der Waals surface area contributed by atoms with Crippen LogP contribution in [0.2, 0.25) is 0 Å². The molecule has 0 aliphatic heterocycles. The molecule has 0 heterocycles. The third-order valence-electron chi connectivity index (χ3n) is 0. The van der Waals surface area contributed by atoms with Crippen LogP contribution < -0.4 is 0 Å². The molecule has 0 saturated carbocycles. The van der Waals surface area contributed by atoms with Crippen LogP contribution in [-0.2, 0) is 31.9 Å². The zero-order valence-electron chi connectivity index (χ0n) is 9.69. The molecular formula is H5O10PSr7+4. The molecule has 0 aliphatic carbocycles. The van der Waals surface area contributed by atoms with Gasteiger partial charge in [0.15, 0.2) is 0 Å². The van der Waals surface area contributed by atoms with Gasteiger partial charge in [-0.05, 0) is 0 Å². The summed E-state index contributed by atoms with van der Waals surface area (Å²) in [5.41, 5.74) is 0. The van der Waals surface area contributed by atoms with Crippen molar-refractivity contribution in [2.45, 2.75) is 0 Å². The first-order valence-electron chi connectivity index (χ1n) is 0.783. The molecule has 18 heteroatoms. The Hall–Kier alpha value is 10.2. The Balaban J connectivity index is -0.00000000103. The van der Waals surface area contributed by atoms with Gasteiger partial charge in [-0.15, -0.1) is 0 Å². The van der Waals surface area contributed by atoms with E-state index in [0.29, 0.717) is 0 Å². The largest absolute Gasteiger partial charge is 2.00 e.